The Morgan fingerprint density at radius 3 is 2.62 bits per heavy atom. The van der Waals surface area contributed by atoms with Gasteiger partial charge in [0.25, 0.3) is 0 Å². The first-order chi connectivity index (χ1) is 6.15. The molecule has 13 heavy (non-hydrogen) atoms. The standard InChI is InChI=1S/C9H15NO2S/c1-12-7(11)9(10)6-8(9)2-4-13-5-3-8/h2-6,10H2,1H3. The van der Waals surface area contributed by atoms with Crippen LogP contribution in [0.25, 0.3) is 0 Å². The topological polar surface area (TPSA) is 52.3 Å². The Balaban J connectivity index is 2.09. The summed E-state index contributed by atoms with van der Waals surface area (Å²) >= 11 is 1.95. The number of nitrogens with two attached hydrogens (primary N) is 1. The first-order valence-electron chi connectivity index (χ1n) is 4.60. The van der Waals surface area contributed by atoms with Gasteiger partial charge in [-0.15, -0.1) is 0 Å². The maximum atomic E-state index is 11.4. The molecule has 1 heterocycles. The second-order valence-electron chi connectivity index (χ2n) is 4.03. The van der Waals surface area contributed by atoms with Crippen molar-refractivity contribution in [2.75, 3.05) is 18.6 Å². The van der Waals surface area contributed by atoms with E-state index in [0.717, 1.165) is 30.8 Å². The van der Waals surface area contributed by atoms with Gasteiger partial charge in [-0.1, -0.05) is 0 Å². The van der Waals surface area contributed by atoms with Crippen LogP contribution in [0.1, 0.15) is 19.3 Å². The van der Waals surface area contributed by atoms with Crippen molar-refractivity contribution in [3.8, 4) is 0 Å². The van der Waals surface area contributed by atoms with E-state index < -0.39 is 5.54 Å². The largest absolute Gasteiger partial charge is 0.468 e. The molecule has 2 aliphatic rings. The van der Waals surface area contributed by atoms with Gasteiger partial charge in [0.2, 0.25) is 0 Å². The maximum absolute atomic E-state index is 11.4. The molecule has 0 bridgehead atoms. The number of carbonyl (C=O) groups is 1. The Labute approximate surface area is 82.4 Å². The second kappa shape index (κ2) is 2.89. The van der Waals surface area contributed by atoms with Gasteiger partial charge in [-0.25, -0.2) is 0 Å². The molecule has 0 radical (unpaired) electrons. The van der Waals surface area contributed by atoms with Crippen molar-refractivity contribution in [1.29, 1.82) is 0 Å². The van der Waals surface area contributed by atoms with Crippen LogP contribution in [0, 0.1) is 5.41 Å². The molecule has 1 saturated heterocycles. The maximum Gasteiger partial charge on any atom is 0.326 e. The summed E-state index contributed by atoms with van der Waals surface area (Å²) in [5.74, 6) is 2.05. The summed E-state index contributed by atoms with van der Waals surface area (Å²) in [4.78, 5) is 11.4. The highest BCUT2D eigenvalue weighted by Gasteiger charge is 2.70. The van der Waals surface area contributed by atoms with Gasteiger partial charge in [-0.2, -0.15) is 11.8 Å². The molecule has 1 spiro atoms. The fourth-order valence-electron chi connectivity index (χ4n) is 2.35. The number of carbonyl (C=O) groups excluding carboxylic acids is 1. The van der Waals surface area contributed by atoms with E-state index in [4.69, 9.17) is 10.5 Å². The number of ether oxygens (including phenoxy) is 1. The lowest BCUT2D eigenvalue weighted by Gasteiger charge is -2.24. The van der Waals surface area contributed by atoms with E-state index in [1.54, 1.807) is 0 Å². The van der Waals surface area contributed by atoms with Crippen molar-refractivity contribution in [3.63, 3.8) is 0 Å². The predicted octanol–water partition coefficient (Wildman–Crippen LogP) is 0.774. The Morgan fingerprint density at radius 1 is 1.46 bits per heavy atom. The van der Waals surface area contributed by atoms with Crippen LogP contribution in [-0.2, 0) is 9.53 Å². The fourth-order valence-corrected chi connectivity index (χ4v) is 3.62. The highest BCUT2D eigenvalue weighted by Crippen LogP contribution is 2.62. The van der Waals surface area contributed by atoms with E-state index in [2.05, 4.69) is 0 Å². The molecule has 0 aromatic heterocycles. The van der Waals surface area contributed by atoms with Gasteiger partial charge in [-0.05, 0) is 30.8 Å². The van der Waals surface area contributed by atoms with Crippen LogP contribution in [0.2, 0.25) is 0 Å². The minimum atomic E-state index is -0.650. The zero-order chi connectivity index (χ0) is 9.53. The molecule has 1 atom stereocenters. The Bertz CT molecular complexity index is 238. The Morgan fingerprint density at radius 2 is 2.08 bits per heavy atom. The van der Waals surface area contributed by atoms with Crippen molar-refractivity contribution in [2.24, 2.45) is 11.1 Å². The molecule has 3 nitrogen and oxygen atoms in total. The summed E-state index contributed by atoms with van der Waals surface area (Å²) in [6, 6.07) is 0. The first kappa shape index (κ1) is 9.34. The molecule has 2 N–H and O–H groups in total. The monoisotopic (exact) mass is 201 g/mol. The predicted molar refractivity (Wildman–Crippen MR) is 52.5 cm³/mol. The lowest BCUT2D eigenvalue weighted by Crippen LogP contribution is -2.41. The van der Waals surface area contributed by atoms with Crippen molar-refractivity contribution >= 4 is 17.7 Å². The Kier molecular flexibility index (Phi) is 2.07. The van der Waals surface area contributed by atoms with E-state index in [1.165, 1.54) is 7.11 Å². The van der Waals surface area contributed by atoms with Crippen LogP contribution < -0.4 is 5.73 Å². The summed E-state index contributed by atoms with van der Waals surface area (Å²) in [6.07, 6.45) is 2.97. The van der Waals surface area contributed by atoms with Gasteiger partial charge >= 0.3 is 5.97 Å². The zero-order valence-corrected chi connectivity index (χ0v) is 8.65. The van der Waals surface area contributed by atoms with E-state index in [9.17, 15) is 4.79 Å². The third-order valence-corrected chi connectivity index (χ3v) is 4.42. The molecule has 0 aromatic carbocycles. The van der Waals surface area contributed by atoms with Gasteiger partial charge in [0, 0.05) is 5.41 Å². The second-order valence-corrected chi connectivity index (χ2v) is 5.26. The summed E-state index contributed by atoms with van der Waals surface area (Å²) in [5.41, 5.74) is 5.47. The lowest BCUT2D eigenvalue weighted by molar-refractivity contribution is -0.144. The van der Waals surface area contributed by atoms with Crippen LogP contribution in [0.3, 0.4) is 0 Å². The van der Waals surface area contributed by atoms with Gasteiger partial charge < -0.3 is 10.5 Å². The molecular weight excluding hydrogens is 186 g/mol. The average molecular weight is 201 g/mol. The molecular formula is C9H15NO2S. The van der Waals surface area contributed by atoms with Gasteiger partial charge in [0.15, 0.2) is 0 Å². The smallest absolute Gasteiger partial charge is 0.326 e. The lowest BCUT2D eigenvalue weighted by atomic mass is 9.93. The number of thioether (sulfide) groups is 1. The number of methoxy groups -OCH3 is 1. The molecule has 2 fully saturated rings. The molecule has 2 rings (SSSR count). The van der Waals surface area contributed by atoms with Crippen molar-refractivity contribution in [3.05, 3.63) is 0 Å². The average Bonchev–Trinajstić information content (AvgIpc) is 2.72. The third-order valence-electron chi connectivity index (χ3n) is 3.44. The van der Waals surface area contributed by atoms with E-state index >= 15 is 0 Å². The van der Waals surface area contributed by atoms with Crippen LogP contribution in [-0.4, -0.2) is 30.1 Å². The normalized spacial score (nSPS) is 35.8. The van der Waals surface area contributed by atoms with Crippen molar-refractivity contribution in [2.45, 2.75) is 24.8 Å². The number of rotatable bonds is 1. The van der Waals surface area contributed by atoms with Crippen LogP contribution in [0.5, 0.6) is 0 Å². The molecule has 74 valence electrons. The van der Waals surface area contributed by atoms with Crippen molar-refractivity contribution < 1.29 is 9.53 Å². The molecule has 0 amide bonds. The summed E-state index contributed by atoms with van der Waals surface area (Å²) in [6.45, 7) is 0. The molecule has 1 unspecified atom stereocenters. The summed E-state index contributed by atoms with van der Waals surface area (Å²) < 4.78 is 4.73. The zero-order valence-electron chi connectivity index (χ0n) is 7.84. The fraction of sp³-hybridized carbons (Fsp3) is 0.889. The molecule has 4 heteroatoms. The summed E-state index contributed by atoms with van der Waals surface area (Å²) in [5, 5.41) is 0. The van der Waals surface area contributed by atoms with E-state index in [1.807, 2.05) is 11.8 Å². The van der Waals surface area contributed by atoms with Gasteiger partial charge in [0.1, 0.15) is 5.54 Å². The van der Waals surface area contributed by atoms with Gasteiger partial charge in [-0.3, -0.25) is 4.79 Å². The van der Waals surface area contributed by atoms with Crippen LogP contribution in [0.4, 0.5) is 0 Å². The van der Waals surface area contributed by atoms with E-state index in [0.29, 0.717) is 0 Å². The molecule has 1 saturated carbocycles. The summed E-state index contributed by atoms with van der Waals surface area (Å²) in [7, 11) is 1.42. The van der Waals surface area contributed by atoms with Crippen LogP contribution in [0.15, 0.2) is 0 Å². The van der Waals surface area contributed by atoms with E-state index in [-0.39, 0.29) is 11.4 Å². The SMILES string of the molecule is COC(=O)C1(N)CC12CCSCC2. The minimum Gasteiger partial charge on any atom is -0.468 e. The highest BCUT2D eigenvalue weighted by molar-refractivity contribution is 7.99. The number of hydrogen-bond acceptors (Lipinski definition) is 4. The highest BCUT2D eigenvalue weighted by atomic mass is 32.2. The first-order valence-corrected chi connectivity index (χ1v) is 5.75. The van der Waals surface area contributed by atoms with Crippen molar-refractivity contribution in [1.82, 2.24) is 0 Å². The Hall–Kier alpha value is -0.220. The minimum absolute atomic E-state index is 0.0886. The number of hydrogen-bond donors (Lipinski definition) is 1. The van der Waals surface area contributed by atoms with Gasteiger partial charge in [0.05, 0.1) is 7.11 Å². The molecule has 1 aliphatic carbocycles. The molecule has 0 aromatic rings. The number of esters is 1. The van der Waals surface area contributed by atoms with Crippen LogP contribution >= 0.6 is 11.8 Å². The quantitative estimate of drug-likeness (QED) is 0.637. The third kappa shape index (κ3) is 1.19. The molecule has 1 aliphatic heterocycles.